The predicted octanol–water partition coefficient (Wildman–Crippen LogP) is 4.12. The van der Waals surface area contributed by atoms with Crippen LogP contribution in [0, 0.1) is 0 Å². The van der Waals surface area contributed by atoms with Crippen LogP contribution in [0.25, 0.3) is 31.8 Å². The summed E-state index contributed by atoms with van der Waals surface area (Å²) in [5.74, 6) is 0.200. The van der Waals surface area contributed by atoms with Gasteiger partial charge in [0.05, 0.1) is 39.3 Å². The van der Waals surface area contributed by atoms with Gasteiger partial charge in [0.25, 0.3) is 0 Å². The van der Waals surface area contributed by atoms with Crippen molar-refractivity contribution in [2.24, 2.45) is 0 Å². The number of aromatic nitrogens is 1. The molecule has 0 radical (unpaired) electrons. The summed E-state index contributed by atoms with van der Waals surface area (Å²) >= 11 is 1.49. The topological polar surface area (TPSA) is 67.8 Å². The number of quaternary nitrogens is 1. The van der Waals surface area contributed by atoms with Crippen LogP contribution >= 0.6 is 11.3 Å². The minimum atomic E-state index is -0.0998. The fraction of sp³-hybridized carbons (Fsp3) is 0.333. The summed E-state index contributed by atoms with van der Waals surface area (Å²) in [6.45, 7) is 3.98. The third kappa shape index (κ3) is 3.30. The van der Waals surface area contributed by atoms with Crippen molar-refractivity contribution in [3.05, 3.63) is 58.4 Å². The molecule has 1 aliphatic heterocycles. The second-order valence-electron chi connectivity index (χ2n) is 8.09. The highest BCUT2D eigenvalue weighted by Gasteiger charge is 2.27. The number of aromatic hydroxyl groups is 1. The zero-order chi connectivity index (χ0) is 20.7. The number of benzene rings is 2. The highest BCUT2D eigenvalue weighted by Crippen LogP contribution is 2.31. The van der Waals surface area contributed by atoms with Crippen molar-refractivity contribution in [3.8, 4) is 16.3 Å². The molecule has 0 amide bonds. The van der Waals surface area contributed by atoms with E-state index in [1.807, 2.05) is 24.3 Å². The van der Waals surface area contributed by atoms with Gasteiger partial charge in [0.2, 0.25) is 5.43 Å². The average Bonchev–Trinajstić information content (AvgIpc) is 3.20. The molecule has 1 fully saturated rings. The van der Waals surface area contributed by atoms with Crippen LogP contribution in [-0.2, 0) is 6.54 Å². The van der Waals surface area contributed by atoms with Gasteiger partial charge in [-0.1, -0.05) is 19.1 Å². The number of para-hydroxylation sites is 1. The molecule has 4 aromatic rings. The lowest BCUT2D eigenvalue weighted by Gasteiger charge is -2.32. The maximum absolute atomic E-state index is 13.3. The van der Waals surface area contributed by atoms with E-state index in [0.29, 0.717) is 34.1 Å². The molecule has 2 N–H and O–H groups in total. The number of fused-ring (bicyclic) bond motifs is 2. The lowest BCUT2D eigenvalue weighted by atomic mass is 9.98. The van der Waals surface area contributed by atoms with Gasteiger partial charge in [0.15, 0.2) is 0 Å². The zero-order valence-corrected chi connectivity index (χ0v) is 17.8. The number of likely N-dealkylation sites (tertiary alicyclic amines) is 1. The molecule has 1 unspecified atom stereocenters. The highest BCUT2D eigenvalue weighted by atomic mass is 32.1. The Hall–Kier alpha value is -2.70. The van der Waals surface area contributed by atoms with Crippen LogP contribution in [0.5, 0.6) is 5.75 Å². The molecule has 3 heterocycles. The molecule has 2 aromatic heterocycles. The normalized spacial score (nSPS) is 19.5. The molecule has 6 heteroatoms. The van der Waals surface area contributed by atoms with E-state index < -0.39 is 0 Å². The van der Waals surface area contributed by atoms with Gasteiger partial charge in [0.1, 0.15) is 29.1 Å². The lowest BCUT2D eigenvalue weighted by molar-refractivity contribution is -0.944. The molecule has 5 nitrogen and oxygen atoms in total. The van der Waals surface area contributed by atoms with Gasteiger partial charge in [-0.05, 0) is 49.9 Å². The fourth-order valence-corrected chi connectivity index (χ4v) is 5.62. The van der Waals surface area contributed by atoms with E-state index in [0.717, 1.165) is 28.7 Å². The standard InChI is InChI=1S/C24H24N2O3S/c1-2-15-7-5-6-12-26(15)13-17-20(27)11-10-16-22(28)18(14-29-23(16)17)24-25-19-8-3-4-9-21(19)30-24/h3-4,8-11,14-15,27H,2,5-7,12-13H2,1H3/p+1/t15-/m1/s1. The van der Waals surface area contributed by atoms with Gasteiger partial charge >= 0.3 is 0 Å². The summed E-state index contributed by atoms with van der Waals surface area (Å²) in [5.41, 5.74) is 2.48. The molecule has 0 saturated carbocycles. The van der Waals surface area contributed by atoms with E-state index in [9.17, 15) is 9.90 Å². The van der Waals surface area contributed by atoms with Gasteiger partial charge in [0, 0.05) is 0 Å². The van der Waals surface area contributed by atoms with Gasteiger partial charge in [-0.2, -0.15) is 0 Å². The van der Waals surface area contributed by atoms with Crippen LogP contribution in [-0.4, -0.2) is 22.7 Å². The number of nitrogens with zero attached hydrogens (tertiary/aromatic N) is 1. The minimum absolute atomic E-state index is 0.0998. The smallest absolute Gasteiger partial charge is 0.202 e. The van der Waals surface area contributed by atoms with E-state index in [-0.39, 0.29) is 11.2 Å². The first kappa shape index (κ1) is 19.3. The van der Waals surface area contributed by atoms with E-state index in [2.05, 4.69) is 11.9 Å². The van der Waals surface area contributed by atoms with Crippen LogP contribution < -0.4 is 10.3 Å². The fourth-order valence-electron chi connectivity index (χ4n) is 4.66. The second-order valence-corrected chi connectivity index (χ2v) is 9.12. The Kier molecular flexibility index (Phi) is 5.05. The van der Waals surface area contributed by atoms with Crippen LogP contribution in [0.1, 0.15) is 38.2 Å². The van der Waals surface area contributed by atoms with E-state index in [4.69, 9.17) is 4.42 Å². The van der Waals surface area contributed by atoms with Crippen LogP contribution in [0.4, 0.5) is 0 Å². The third-order valence-electron chi connectivity index (χ3n) is 6.32. The Labute approximate surface area is 178 Å². The molecule has 154 valence electrons. The summed E-state index contributed by atoms with van der Waals surface area (Å²) in [5, 5.41) is 11.7. The lowest BCUT2D eigenvalue weighted by Crippen LogP contribution is -3.15. The number of hydrogen-bond donors (Lipinski definition) is 2. The SMILES string of the molecule is CC[C@@H]1CCCC[NH+]1Cc1c(O)ccc2c(=O)c(-c3nc4ccccc4s3)coc12. The number of piperidine rings is 1. The van der Waals surface area contributed by atoms with E-state index >= 15 is 0 Å². The molecule has 1 saturated heterocycles. The van der Waals surface area contributed by atoms with Gasteiger partial charge < -0.3 is 14.4 Å². The Morgan fingerprint density at radius 1 is 1.23 bits per heavy atom. The van der Waals surface area contributed by atoms with Crippen molar-refractivity contribution >= 4 is 32.5 Å². The number of rotatable bonds is 4. The number of phenolic OH excluding ortho intramolecular Hbond substituents is 1. The Morgan fingerprint density at radius 2 is 2.10 bits per heavy atom. The molecule has 2 aromatic carbocycles. The summed E-state index contributed by atoms with van der Waals surface area (Å²) in [6, 6.07) is 11.7. The summed E-state index contributed by atoms with van der Waals surface area (Å²) in [4.78, 5) is 19.4. The molecule has 0 spiro atoms. The molecule has 30 heavy (non-hydrogen) atoms. The van der Waals surface area contributed by atoms with Crippen molar-refractivity contribution in [2.75, 3.05) is 6.54 Å². The van der Waals surface area contributed by atoms with Crippen molar-refractivity contribution in [1.29, 1.82) is 0 Å². The molecule has 2 atom stereocenters. The summed E-state index contributed by atoms with van der Waals surface area (Å²) in [7, 11) is 0. The quantitative estimate of drug-likeness (QED) is 0.520. The first-order valence-corrected chi connectivity index (χ1v) is 11.4. The Balaban J connectivity index is 1.59. The highest BCUT2D eigenvalue weighted by molar-refractivity contribution is 7.21. The number of phenols is 1. The first-order valence-electron chi connectivity index (χ1n) is 10.6. The summed E-state index contributed by atoms with van der Waals surface area (Å²) in [6.07, 6.45) is 6.30. The predicted molar refractivity (Wildman–Crippen MR) is 120 cm³/mol. The van der Waals surface area contributed by atoms with Crippen molar-refractivity contribution in [2.45, 2.75) is 45.2 Å². The number of thiazole rings is 1. The molecule has 0 bridgehead atoms. The van der Waals surface area contributed by atoms with Gasteiger partial charge in [-0.3, -0.25) is 4.79 Å². The second kappa shape index (κ2) is 7.85. The van der Waals surface area contributed by atoms with Gasteiger partial charge in [-0.15, -0.1) is 11.3 Å². The number of hydrogen-bond acceptors (Lipinski definition) is 5. The third-order valence-corrected chi connectivity index (χ3v) is 7.39. The molecule has 5 rings (SSSR count). The van der Waals surface area contributed by atoms with E-state index in [1.165, 1.54) is 41.8 Å². The van der Waals surface area contributed by atoms with Gasteiger partial charge in [-0.25, -0.2) is 4.98 Å². The monoisotopic (exact) mass is 421 g/mol. The average molecular weight is 422 g/mol. The van der Waals surface area contributed by atoms with Crippen LogP contribution in [0.15, 0.2) is 51.9 Å². The van der Waals surface area contributed by atoms with Crippen molar-refractivity contribution in [1.82, 2.24) is 4.98 Å². The zero-order valence-electron chi connectivity index (χ0n) is 17.0. The Bertz CT molecular complexity index is 1240. The maximum atomic E-state index is 13.3. The largest absolute Gasteiger partial charge is 0.507 e. The van der Waals surface area contributed by atoms with Crippen LogP contribution in [0.3, 0.4) is 0 Å². The maximum Gasteiger partial charge on any atom is 0.202 e. The molecular formula is C24H25N2O3S+. The molecule has 1 aliphatic rings. The summed E-state index contributed by atoms with van der Waals surface area (Å²) < 4.78 is 7.03. The first-order chi connectivity index (χ1) is 14.7. The molecular weight excluding hydrogens is 396 g/mol. The minimum Gasteiger partial charge on any atom is -0.507 e. The molecule has 0 aliphatic carbocycles. The van der Waals surface area contributed by atoms with Crippen LogP contribution in [0.2, 0.25) is 0 Å². The van der Waals surface area contributed by atoms with Crippen molar-refractivity contribution in [3.63, 3.8) is 0 Å². The Morgan fingerprint density at radius 3 is 2.93 bits per heavy atom. The van der Waals surface area contributed by atoms with E-state index in [1.54, 1.807) is 12.1 Å². The number of nitrogens with one attached hydrogen (secondary N) is 1. The van der Waals surface area contributed by atoms with Crippen molar-refractivity contribution < 1.29 is 14.4 Å².